The summed E-state index contributed by atoms with van der Waals surface area (Å²) in [6, 6.07) is 0. The molecule has 1 aliphatic rings. The predicted octanol–water partition coefficient (Wildman–Crippen LogP) is 2.28. The maximum atomic E-state index is 11.0. The Morgan fingerprint density at radius 1 is 1.40 bits per heavy atom. The van der Waals surface area contributed by atoms with E-state index in [9.17, 15) is 4.79 Å². The van der Waals surface area contributed by atoms with Crippen LogP contribution < -0.4 is 0 Å². The number of rotatable bonds is 4. The Balaban J connectivity index is 2.60. The third kappa shape index (κ3) is 4.02. The Hall–Kier alpha value is 0.365. The zero-order chi connectivity index (χ0) is 11.3. The fraction of sp³-hybridized carbons (Fsp3) is 0.909. The summed E-state index contributed by atoms with van der Waals surface area (Å²) in [7, 11) is 1.78. The van der Waals surface area contributed by atoms with Crippen LogP contribution in [-0.4, -0.2) is 25.3 Å². The van der Waals surface area contributed by atoms with Crippen molar-refractivity contribution < 1.29 is 38.8 Å². The SMILES string of the molecule is CO[C@@H]1CCC[C@@H](OC(C)=O)[C@H]1[CH2][Hg][CH3]. The Kier molecular flexibility index (Phi) is 6.13. The summed E-state index contributed by atoms with van der Waals surface area (Å²) in [6.07, 6.45) is 3.72. The first-order chi connectivity index (χ1) is 7.19. The quantitative estimate of drug-likeness (QED) is 0.536. The summed E-state index contributed by atoms with van der Waals surface area (Å²) < 4.78 is 14.6. The molecule has 1 fully saturated rings. The van der Waals surface area contributed by atoms with E-state index in [1.54, 1.807) is 7.11 Å². The number of esters is 1. The molecule has 0 aromatic rings. The van der Waals surface area contributed by atoms with Gasteiger partial charge in [-0.15, -0.1) is 0 Å². The van der Waals surface area contributed by atoms with E-state index in [0.717, 1.165) is 19.3 Å². The van der Waals surface area contributed by atoms with Crippen molar-refractivity contribution in [1.82, 2.24) is 0 Å². The predicted molar refractivity (Wildman–Crippen MR) is 54.4 cm³/mol. The fourth-order valence-corrected chi connectivity index (χ4v) is 8.03. The molecule has 0 saturated heterocycles. The summed E-state index contributed by atoms with van der Waals surface area (Å²) in [5.41, 5.74) is 0. The van der Waals surface area contributed by atoms with Gasteiger partial charge < -0.3 is 0 Å². The van der Waals surface area contributed by atoms with Crippen molar-refractivity contribution in [2.45, 2.75) is 46.8 Å². The Labute approximate surface area is 104 Å². The monoisotopic (exact) mass is 402 g/mol. The zero-order valence-electron chi connectivity index (χ0n) is 9.99. The van der Waals surface area contributed by atoms with Crippen LogP contribution in [0.1, 0.15) is 26.2 Å². The van der Waals surface area contributed by atoms with Crippen LogP contribution in [0.3, 0.4) is 0 Å². The second-order valence-corrected chi connectivity index (χ2v) is 10.4. The van der Waals surface area contributed by atoms with Crippen molar-refractivity contribution in [3.8, 4) is 0 Å². The summed E-state index contributed by atoms with van der Waals surface area (Å²) in [5.74, 6) is 0.342. The molecule has 4 heteroatoms. The third-order valence-corrected chi connectivity index (χ3v) is 8.01. The van der Waals surface area contributed by atoms with Crippen molar-refractivity contribution in [2.75, 3.05) is 7.11 Å². The van der Waals surface area contributed by atoms with Crippen molar-refractivity contribution in [1.29, 1.82) is 0 Å². The molecule has 3 nitrogen and oxygen atoms in total. The molecule has 3 atom stereocenters. The van der Waals surface area contributed by atoms with Crippen LogP contribution in [-0.2, 0) is 38.8 Å². The molecule has 15 heavy (non-hydrogen) atoms. The minimum absolute atomic E-state index is 0.126. The van der Waals surface area contributed by atoms with E-state index >= 15 is 0 Å². The Morgan fingerprint density at radius 2 is 2.07 bits per heavy atom. The van der Waals surface area contributed by atoms with Crippen molar-refractivity contribution >= 4 is 5.97 Å². The number of hydrogen-bond acceptors (Lipinski definition) is 3. The van der Waals surface area contributed by atoms with Crippen LogP contribution in [0, 0.1) is 5.92 Å². The van der Waals surface area contributed by atoms with Gasteiger partial charge >= 0.3 is 105 Å². The molecular formula is C11H20HgO3. The molecule has 0 unspecified atom stereocenters. The molecule has 1 aliphatic carbocycles. The van der Waals surface area contributed by atoms with Crippen molar-refractivity contribution in [2.24, 2.45) is 5.92 Å². The first-order valence-electron chi connectivity index (χ1n) is 5.89. The molecular weight excluding hydrogens is 381 g/mol. The third-order valence-electron chi connectivity index (χ3n) is 3.17. The van der Waals surface area contributed by atoms with E-state index in [0.29, 0.717) is 12.0 Å². The van der Waals surface area contributed by atoms with E-state index in [4.69, 9.17) is 9.47 Å². The van der Waals surface area contributed by atoms with Gasteiger partial charge in [-0.05, 0) is 0 Å². The van der Waals surface area contributed by atoms with Gasteiger partial charge in [0.15, 0.2) is 0 Å². The molecule has 84 valence electrons. The minimum atomic E-state index is -0.682. The summed E-state index contributed by atoms with van der Waals surface area (Å²) >= 11 is -0.682. The number of carbonyl (C=O) groups is 1. The number of methoxy groups -OCH3 is 1. The molecule has 0 amide bonds. The van der Waals surface area contributed by atoms with Crippen LogP contribution in [0.15, 0.2) is 0 Å². The molecule has 0 bridgehead atoms. The van der Waals surface area contributed by atoms with Crippen LogP contribution in [0.2, 0.25) is 8.36 Å². The fourth-order valence-electron chi connectivity index (χ4n) is 2.55. The van der Waals surface area contributed by atoms with Crippen molar-refractivity contribution in [3.05, 3.63) is 0 Å². The van der Waals surface area contributed by atoms with Crippen LogP contribution in [0.5, 0.6) is 0 Å². The van der Waals surface area contributed by atoms with Crippen LogP contribution in [0.4, 0.5) is 0 Å². The normalized spacial score (nSPS) is 30.7. The topological polar surface area (TPSA) is 35.5 Å². The van der Waals surface area contributed by atoms with E-state index in [-0.39, 0.29) is 12.1 Å². The maximum absolute atomic E-state index is 11.0. The number of carbonyl (C=O) groups excluding carboxylic acids is 1. The Bertz CT molecular complexity index is 208. The number of hydrogen-bond donors (Lipinski definition) is 0. The van der Waals surface area contributed by atoms with Crippen LogP contribution >= 0.6 is 0 Å². The van der Waals surface area contributed by atoms with E-state index in [2.05, 4.69) is 4.43 Å². The first-order valence-corrected chi connectivity index (χ1v) is 15.3. The first kappa shape index (κ1) is 13.4. The molecule has 0 radical (unpaired) electrons. The average molecular weight is 401 g/mol. The van der Waals surface area contributed by atoms with Gasteiger partial charge in [-0.3, -0.25) is 0 Å². The molecule has 0 spiro atoms. The molecule has 1 rings (SSSR count). The standard InChI is InChI=1S/C10H17O3.CH3.Hg/c1-7-9(12-3)5-4-6-10(7)13-8(2)11;;/h7,9-10H,1,4-6H2,2-3H3;1H3;/t7-,9+,10+;;/m0../s1. The Morgan fingerprint density at radius 3 is 2.60 bits per heavy atom. The summed E-state index contributed by atoms with van der Waals surface area (Å²) in [5, 5.41) is 0. The van der Waals surface area contributed by atoms with Gasteiger partial charge in [0.1, 0.15) is 0 Å². The van der Waals surface area contributed by atoms with E-state index < -0.39 is 24.6 Å². The van der Waals surface area contributed by atoms with Crippen molar-refractivity contribution in [3.63, 3.8) is 0 Å². The molecule has 0 N–H and O–H groups in total. The number of ether oxygens (including phenoxy) is 2. The summed E-state index contributed by atoms with van der Waals surface area (Å²) in [6.45, 7) is 1.50. The van der Waals surface area contributed by atoms with E-state index in [1.165, 1.54) is 10.9 Å². The van der Waals surface area contributed by atoms with Gasteiger partial charge in [-0.2, -0.15) is 0 Å². The molecule has 0 aliphatic heterocycles. The molecule has 0 aromatic carbocycles. The zero-order valence-corrected chi connectivity index (χ0v) is 15.5. The average Bonchev–Trinajstić information content (AvgIpc) is 2.20. The van der Waals surface area contributed by atoms with Crippen LogP contribution in [0.25, 0.3) is 0 Å². The van der Waals surface area contributed by atoms with Gasteiger partial charge in [0.05, 0.1) is 0 Å². The second-order valence-electron chi connectivity index (χ2n) is 4.31. The van der Waals surface area contributed by atoms with Gasteiger partial charge in [0.25, 0.3) is 0 Å². The van der Waals surface area contributed by atoms with Gasteiger partial charge in [0, 0.05) is 0 Å². The molecule has 0 heterocycles. The molecule has 0 aromatic heterocycles. The van der Waals surface area contributed by atoms with Gasteiger partial charge in [0.2, 0.25) is 0 Å². The van der Waals surface area contributed by atoms with E-state index in [1.807, 2.05) is 0 Å². The second kappa shape index (κ2) is 6.84. The summed E-state index contributed by atoms with van der Waals surface area (Å²) in [4.78, 5) is 11.0. The van der Waals surface area contributed by atoms with Gasteiger partial charge in [-0.1, -0.05) is 0 Å². The van der Waals surface area contributed by atoms with Gasteiger partial charge in [-0.25, -0.2) is 0 Å². The molecule has 1 saturated carbocycles.